The highest BCUT2D eigenvalue weighted by atomic mass is 16.5. The lowest BCUT2D eigenvalue weighted by molar-refractivity contribution is 0.186. The number of phenolic OH excluding ortho intramolecular Hbond substituents is 1. The Hall–Kier alpha value is -1.22. The van der Waals surface area contributed by atoms with Gasteiger partial charge in [-0.3, -0.25) is 0 Å². The highest BCUT2D eigenvalue weighted by molar-refractivity contribution is 5.44. The van der Waals surface area contributed by atoms with E-state index in [0.29, 0.717) is 11.2 Å². The van der Waals surface area contributed by atoms with Crippen molar-refractivity contribution in [2.75, 3.05) is 6.54 Å². The lowest BCUT2D eigenvalue weighted by Crippen LogP contribution is -2.33. The maximum Gasteiger partial charge on any atom is 0.161 e. The molecule has 1 aliphatic carbocycles. The lowest BCUT2D eigenvalue weighted by atomic mass is 9.90. The van der Waals surface area contributed by atoms with Crippen LogP contribution in [0.25, 0.3) is 0 Å². The van der Waals surface area contributed by atoms with Gasteiger partial charge in [-0.2, -0.15) is 0 Å². The number of nitrogens with one attached hydrogen (secondary N) is 1. The van der Waals surface area contributed by atoms with E-state index in [-0.39, 0.29) is 17.4 Å². The first-order chi connectivity index (χ1) is 9.88. The predicted molar refractivity (Wildman–Crippen MR) is 84.7 cm³/mol. The zero-order chi connectivity index (χ0) is 15.1. The van der Waals surface area contributed by atoms with Crippen LogP contribution in [0.5, 0.6) is 11.5 Å². The number of ether oxygens (including phenoxy) is 1. The van der Waals surface area contributed by atoms with Crippen molar-refractivity contribution in [2.24, 2.45) is 5.41 Å². The van der Waals surface area contributed by atoms with E-state index in [2.05, 4.69) is 26.1 Å². The van der Waals surface area contributed by atoms with Crippen molar-refractivity contribution >= 4 is 0 Å². The summed E-state index contributed by atoms with van der Waals surface area (Å²) in [4.78, 5) is 0. The Kier molecular flexibility index (Phi) is 3.64. The van der Waals surface area contributed by atoms with Gasteiger partial charge >= 0.3 is 0 Å². The highest BCUT2D eigenvalue weighted by Gasteiger charge is 2.34. The molecule has 1 saturated heterocycles. The highest BCUT2D eigenvalue weighted by Crippen LogP contribution is 2.41. The minimum atomic E-state index is 0.0146. The Morgan fingerprint density at radius 2 is 2.05 bits per heavy atom. The van der Waals surface area contributed by atoms with Gasteiger partial charge in [-0.15, -0.1) is 0 Å². The van der Waals surface area contributed by atoms with E-state index in [4.69, 9.17) is 4.74 Å². The molecule has 2 N–H and O–H groups in total. The second-order valence-corrected chi connectivity index (χ2v) is 7.69. The first-order valence-electron chi connectivity index (χ1n) is 8.13. The SMILES string of the molecule is CC1(C)CCC(Oc2cc(C3(C)CCCN3)ccc2O)C1. The fourth-order valence-corrected chi connectivity index (χ4v) is 3.75. The van der Waals surface area contributed by atoms with Crippen molar-refractivity contribution in [1.29, 1.82) is 0 Å². The van der Waals surface area contributed by atoms with Gasteiger partial charge in [0.05, 0.1) is 6.10 Å². The molecule has 21 heavy (non-hydrogen) atoms. The van der Waals surface area contributed by atoms with Crippen LogP contribution in [0.1, 0.15) is 58.4 Å². The van der Waals surface area contributed by atoms with Crippen molar-refractivity contribution in [3.05, 3.63) is 23.8 Å². The molecule has 2 atom stereocenters. The second-order valence-electron chi connectivity index (χ2n) is 7.69. The van der Waals surface area contributed by atoms with Crippen molar-refractivity contribution in [3.8, 4) is 11.5 Å². The van der Waals surface area contributed by atoms with E-state index in [0.717, 1.165) is 25.8 Å². The summed E-state index contributed by atoms with van der Waals surface area (Å²) in [6, 6.07) is 5.81. The van der Waals surface area contributed by atoms with Gasteiger partial charge in [-0.1, -0.05) is 19.9 Å². The molecule has 0 bridgehead atoms. The average Bonchev–Trinajstić information content (AvgIpc) is 2.99. The quantitative estimate of drug-likeness (QED) is 0.885. The van der Waals surface area contributed by atoms with Crippen LogP contribution in [-0.2, 0) is 5.54 Å². The summed E-state index contributed by atoms with van der Waals surface area (Å²) in [5.41, 5.74) is 1.59. The molecule has 0 aromatic heterocycles. The van der Waals surface area contributed by atoms with Gasteiger partial charge in [0.25, 0.3) is 0 Å². The Labute approximate surface area is 127 Å². The zero-order valence-electron chi connectivity index (χ0n) is 13.4. The number of benzene rings is 1. The second kappa shape index (κ2) is 5.20. The molecule has 1 aromatic carbocycles. The van der Waals surface area contributed by atoms with Gasteiger partial charge in [0.15, 0.2) is 11.5 Å². The van der Waals surface area contributed by atoms with E-state index in [1.54, 1.807) is 6.07 Å². The Balaban J connectivity index is 1.79. The zero-order valence-corrected chi connectivity index (χ0v) is 13.4. The molecule has 3 rings (SSSR count). The van der Waals surface area contributed by atoms with Crippen molar-refractivity contribution in [3.63, 3.8) is 0 Å². The molecule has 2 fully saturated rings. The predicted octanol–water partition coefficient (Wildman–Crippen LogP) is 3.95. The van der Waals surface area contributed by atoms with Gasteiger partial charge in [0.2, 0.25) is 0 Å². The monoisotopic (exact) mass is 289 g/mol. The molecule has 0 spiro atoms. The summed E-state index contributed by atoms with van der Waals surface area (Å²) >= 11 is 0. The van der Waals surface area contributed by atoms with E-state index < -0.39 is 0 Å². The van der Waals surface area contributed by atoms with Crippen LogP contribution >= 0.6 is 0 Å². The largest absolute Gasteiger partial charge is 0.504 e. The standard InChI is InChI=1S/C18H27NO2/c1-17(2)9-7-14(12-17)21-16-11-13(5-6-15(16)20)18(3)8-4-10-19-18/h5-6,11,14,19-20H,4,7-10,12H2,1-3H3. The van der Waals surface area contributed by atoms with Crippen molar-refractivity contribution in [1.82, 2.24) is 5.32 Å². The smallest absolute Gasteiger partial charge is 0.161 e. The van der Waals surface area contributed by atoms with Crippen LogP contribution < -0.4 is 10.1 Å². The van der Waals surface area contributed by atoms with Gasteiger partial charge < -0.3 is 15.2 Å². The van der Waals surface area contributed by atoms with Crippen LogP contribution in [0.4, 0.5) is 0 Å². The summed E-state index contributed by atoms with van der Waals surface area (Å²) in [5, 5.41) is 13.7. The number of rotatable bonds is 3. The van der Waals surface area contributed by atoms with Crippen LogP contribution in [0.3, 0.4) is 0 Å². The minimum absolute atomic E-state index is 0.0146. The topological polar surface area (TPSA) is 41.5 Å². The number of phenols is 1. The van der Waals surface area contributed by atoms with Crippen LogP contribution in [0.2, 0.25) is 0 Å². The number of hydrogen-bond donors (Lipinski definition) is 2. The van der Waals surface area contributed by atoms with Crippen molar-refractivity contribution < 1.29 is 9.84 Å². The molecule has 2 unspecified atom stereocenters. The third-order valence-electron chi connectivity index (χ3n) is 5.18. The van der Waals surface area contributed by atoms with E-state index in [1.165, 1.54) is 18.4 Å². The Morgan fingerprint density at radius 1 is 1.24 bits per heavy atom. The molecule has 0 radical (unpaired) electrons. The van der Waals surface area contributed by atoms with Gasteiger partial charge in [0.1, 0.15) is 0 Å². The Morgan fingerprint density at radius 3 is 2.67 bits per heavy atom. The number of aromatic hydroxyl groups is 1. The first-order valence-corrected chi connectivity index (χ1v) is 8.13. The summed E-state index contributed by atoms with van der Waals surface area (Å²) in [5.74, 6) is 0.898. The fourth-order valence-electron chi connectivity index (χ4n) is 3.75. The Bertz CT molecular complexity index is 518. The molecule has 2 aliphatic rings. The maximum absolute atomic E-state index is 10.1. The molecule has 3 heteroatoms. The third kappa shape index (κ3) is 3.03. The van der Waals surface area contributed by atoms with Crippen LogP contribution in [0.15, 0.2) is 18.2 Å². The van der Waals surface area contributed by atoms with E-state index >= 15 is 0 Å². The molecule has 1 aromatic rings. The van der Waals surface area contributed by atoms with Crippen LogP contribution in [-0.4, -0.2) is 17.8 Å². The summed E-state index contributed by atoms with van der Waals surface area (Å²) in [7, 11) is 0. The minimum Gasteiger partial charge on any atom is -0.504 e. The number of hydrogen-bond acceptors (Lipinski definition) is 3. The van der Waals surface area contributed by atoms with Gasteiger partial charge in [0, 0.05) is 5.54 Å². The molecule has 0 amide bonds. The summed E-state index contributed by atoms with van der Waals surface area (Å²) in [6.07, 6.45) is 5.89. The molecule has 1 heterocycles. The lowest BCUT2D eigenvalue weighted by Gasteiger charge is -2.26. The molecule has 3 nitrogen and oxygen atoms in total. The molecular weight excluding hydrogens is 262 g/mol. The van der Waals surface area contributed by atoms with Gasteiger partial charge in [-0.25, -0.2) is 0 Å². The molecule has 1 saturated carbocycles. The molecule has 116 valence electrons. The fraction of sp³-hybridized carbons (Fsp3) is 0.667. The summed E-state index contributed by atoms with van der Waals surface area (Å²) < 4.78 is 6.11. The van der Waals surface area contributed by atoms with E-state index in [9.17, 15) is 5.11 Å². The molecule has 1 aliphatic heterocycles. The van der Waals surface area contributed by atoms with E-state index in [1.807, 2.05) is 12.1 Å². The first kappa shape index (κ1) is 14.7. The summed E-state index contributed by atoms with van der Waals surface area (Å²) in [6.45, 7) is 7.87. The average molecular weight is 289 g/mol. The van der Waals surface area contributed by atoms with Crippen molar-refractivity contribution in [2.45, 2.75) is 64.5 Å². The normalized spacial score (nSPS) is 31.5. The third-order valence-corrected chi connectivity index (χ3v) is 5.18. The molecular formula is C18H27NO2. The van der Waals surface area contributed by atoms with Gasteiger partial charge in [-0.05, 0) is 68.7 Å². The maximum atomic E-state index is 10.1. The van der Waals surface area contributed by atoms with Crippen LogP contribution in [0, 0.1) is 5.41 Å².